The minimum absolute atomic E-state index is 0.212. The normalized spacial score (nSPS) is 25.6. The maximum atomic E-state index is 8.74. The highest BCUT2D eigenvalue weighted by Gasteiger charge is 2.24. The van der Waals surface area contributed by atoms with Crippen LogP contribution in [-0.4, -0.2) is 16.2 Å². The first-order valence-corrected chi connectivity index (χ1v) is 4.82. The van der Waals surface area contributed by atoms with Gasteiger partial charge in [-0.15, -0.1) is 5.10 Å². The molecular formula is C10H12N4. The molecule has 4 heteroatoms. The molecule has 0 spiro atoms. The van der Waals surface area contributed by atoms with Crippen LogP contribution in [-0.2, 0) is 0 Å². The van der Waals surface area contributed by atoms with E-state index in [1.807, 2.05) is 12.1 Å². The van der Waals surface area contributed by atoms with Gasteiger partial charge in [-0.2, -0.15) is 10.4 Å². The Labute approximate surface area is 83.0 Å². The zero-order chi connectivity index (χ0) is 9.80. The summed E-state index contributed by atoms with van der Waals surface area (Å²) in [5, 5.41) is 19.8. The van der Waals surface area contributed by atoms with Gasteiger partial charge in [0, 0.05) is 18.2 Å². The largest absolute Gasteiger partial charge is 0.366 e. The average molecular weight is 188 g/mol. The summed E-state index contributed by atoms with van der Waals surface area (Å²) in [6.45, 7) is 0. The first kappa shape index (κ1) is 8.95. The Balaban J connectivity index is 1.91. The lowest BCUT2D eigenvalue weighted by atomic mass is 10.1. The fourth-order valence-corrected chi connectivity index (χ4v) is 1.82. The summed E-state index contributed by atoms with van der Waals surface area (Å²) >= 11 is 0. The second-order valence-corrected chi connectivity index (χ2v) is 3.59. The molecule has 1 aliphatic rings. The van der Waals surface area contributed by atoms with Gasteiger partial charge in [-0.1, -0.05) is 0 Å². The van der Waals surface area contributed by atoms with Gasteiger partial charge in [0.1, 0.15) is 5.82 Å². The fraction of sp³-hybridized carbons (Fsp3) is 0.500. The quantitative estimate of drug-likeness (QED) is 0.765. The van der Waals surface area contributed by atoms with Gasteiger partial charge in [-0.3, -0.25) is 0 Å². The van der Waals surface area contributed by atoms with Crippen molar-refractivity contribution in [1.29, 1.82) is 5.26 Å². The highest BCUT2D eigenvalue weighted by atomic mass is 15.2. The minimum Gasteiger partial charge on any atom is -0.366 e. The van der Waals surface area contributed by atoms with Crippen LogP contribution >= 0.6 is 0 Å². The van der Waals surface area contributed by atoms with Crippen molar-refractivity contribution in [2.45, 2.75) is 25.3 Å². The number of hydrogen-bond acceptors (Lipinski definition) is 4. The van der Waals surface area contributed by atoms with E-state index < -0.39 is 0 Å². The highest BCUT2D eigenvalue weighted by Crippen LogP contribution is 2.26. The van der Waals surface area contributed by atoms with Gasteiger partial charge < -0.3 is 5.32 Å². The summed E-state index contributed by atoms with van der Waals surface area (Å²) in [5.41, 5.74) is 0. The summed E-state index contributed by atoms with van der Waals surface area (Å²) < 4.78 is 0. The van der Waals surface area contributed by atoms with E-state index in [1.54, 1.807) is 6.20 Å². The maximum absolute atomic E-state index is 8.74. The Morgan fingerprint density at radius 3 is 3.07 bits per heavy atom. The molecule has 2 atom stereocenters. The van der Waals surface area contributed by atoms with Crippen LogP contribution in [0.2, 0.25) is 0 Å². The monoisotopic (exact) mass is 188 g/mol. The van der Waals surface area contributed by atoms with E-state index in [-0.39, 0.29) is 5.92 Å². The molecule has 2 rings (SSSR count). The first-order chi connectivity index (χ1) is 6.88. The standard InChI is InChI=1S/C10H12N4/c11-7-8-3-4-9(6-8)13-10-2-1-5-12-14-10/h1-2,5,8-9H,3-4,6H2,(H,13,14). The molecule has 1 aromatic heterocycles. The van der Waals surface area contributed by atoms with Crippen LogP contribution < -0.4 is 5.32 Å². The van der Waals surface area contributed by atoms with Crippen molar-refractivity contribution in [3.63, 3.8) is 0 Å². The molecule has 0 bridgehead atoms. The van der Waals surface area contributed by atoms with E-state index in [4.69, 9.17) is 5.26 Å². The number of nitrogens with zero attached hydrogens (tertiary/aromatic N) is 3. The molecule has 1 heterocycles. The van der Waals surface area contributed by atoms with Crippen molar-refractivity contribution < 1.29 is 0 Å². The molecule has 1 aliphatic carbocycles. The van der Waals surface area contributed by atoms with Crippen molar-refractivity contribution in [2.75, 3.05) is 5.32 Å². The highest BCUT2D eigenvalue weighted by molar-refractivity contribution is 5.33. The Kier molecular flexibility index (Phi) is 2.59. The van der Waals surface area contributed by atoms with E-state index in [0.29, 0.717) is 6.04 Å². The molecule has 72 valence electrons. The Morgan fingerprint density at radius 1 is 1.50 bits per heavy atom. The van der Waals surface area contributed by atoms with Crippen LogP contribution in [0.15, 0.2) is 18.3 Å². The molecule has 0 aromatic carbocycles. The number of rotatable bonds is 2. The summed E-state index contributed by atoms with van der Waals surface area (Å²) in [6.07, 6.45) is 4.62. The van der Waals surface area contributed by atoms with E-state index in [9.17, 15) is 0 Å². The van der Waals surface area contributed by atoms with Crippen molar-refractivity contribution in [2.24, 2.45) is 5.92 Å². The van der Waals surface area contributed by atoms with Crippen LogP contribution in [0, 0.1) is 17.2 Å². The molecular weight excluding hydrogens is 176 g/mol. The van der Waals surface area contributed by atoms with Gasteiger partial charge >= 0.3 is 0 Å². The van der Waals surface area contributed by atoms with E-state index in [2.05, 4.69) is 21.6 Å². The smallest absolute Gasteiger partial charge is 0.148 e. The van der Waals surface area contributed by atoms with Crippen LogP contribution in [0.25, 0.3) is 0 Å². The lowest BCUT2D eigenvalue weighted by molar-refractivity contribution is 0.681. The van der Waals surface area contributed by atoms with Gasteiger partial charge in [-0.25, -0.2) is 0 Å². The number of nitriles is 1. The molecule has 0 radical (unpaired) electrons. The molecule has 1 saturated carbocycles. The van der Waals surface area contributed by atoms with E-state index in [0.717, 1.165) is 25.1 Å². The molecule has 1 N–H and O–H groups in total. The van der Waals surface area contributed by atoms with E-state index >= 15 is 0 Å². The van der Waals surface area contributed by atoms with E-state index in [1.165, 1.54) is 0 Å². The van der Waals surface area contributed by atoms with Crippen molar-refractivity contribution in [3.05, 3.63) is 18.3 Å². The van der Waals surface area contributed by atoms with Gasteiger partial charge in [0.2, 0.25) is 0 Å². The number of nitrogens with one attached hydrogen (secondary N) is 1. The van der Waals surface area contributed by atoms with Crippen molar-refractivity contribution >= 4 is 5.82 Å². The zero-order valence-corrected chi connectivity index (χ0v) is 7.85. The van der Waals surface area contributed by atoms with Gasteiger partial charge in [0.25, 0.3) is 0 Å². The van der Waals surface area contributed by atoms with Crippen LogP contribution in [0.1, 0.15) is 19.3 Å². The SMILES string of the molecule is N#CC1CCC(Nc2cccnn2)C1. The molecule has 1 aromatic rings. The second kappa shape index (κ2) is 4.05. The minimum atomic E-state index is 0.212. The molecule has 0 aliphatic heterocycles. The summed E-state index contributed by atoms with van der Waals surface area (Å²) in [4.78, 5) is 0. The Morgan fingerprint density at radius 2 is 2.43 bits per heavy atom. The van der Waals surface area contributed by atoms with Crippen molar-refractivity contribution in [1.82, 2.24) is 10.2 Å². The number of hydrogen-bond donors (Lipinski definition) is 1. The first-order valence-electron chi connectivity index (χ1n) is 4.82. The van der Waals surface area contributed by atoms with Gasteiger partial charge in [0.15, 0.2) is 0 Å². The summed E-state index contributed by atoms with van der Waals surface area (Å²) in [5.74, 6) is 1.01. The molecule has 14 heavy (non-hydrogen) atoms. The summed E-state index contributed by atoms with van der Waals surface area (Å²) in [7, 11) is 0. The van der Waals surface area contributed by atoms with Crippen LogP contribution in [0.3, 0.4) is 0 Å². The lowest BCUT2D eigenvalue weighted by Gasteiger charge is -2.11. The molecule has 0 amide bonds. The zero-order valence-electron chi connectivity index (χ0n) is 7.85. The number of aromatic nitrogens is 2. The average Bonchev–Trinajstić information content (AvgIpc) is 2.67. The predicted octanol–water partition coefficient (Wildman–Crippen LogP) is 1.58. The molecule has 4 nitrogen and oxygen atoms in total. The Hall–Kier alpha value is -1.63. The molecule has 0 saturated heterocycles. The Bertz CT molecular complexity index is 330. The third-order valence-corrected chi connectivity index (χ3v) is 2.54. The summed E-state index contributed by atoms with van der Waals surface area (Å²) in [6, 6.07) is 6.44. The second-order valence-electron chi connectivity index (χ2n) is 3.59. The lowest BCUT2D eigenvalue weighted by Crippen LogP contribution is -2.16. The topological polar surface area (TPSA) is 61.6 Å². The molecule has 1 fully saturated rings. The maximum Gasteiger partial charge on any atom is 0.148 e. The van der Waals surface area contributed by atoms with Crippen molar-refractivity contribution in [3.8, 4) is 6.07 Å². The predicted molar refractivity (Wildman–Crippen MR) is 52.4 cm³/mol. The van der Waals surface area contributed by atoms with Gasteiger partial charge in [0.05, 0.1) is 6.07 Å². The van der Waals surface area contributed by atoms with Gasteiger partial charge in [-0.05, 0) is 31.4 Å². The fourth-order valence-electron chi connectivity index (χ4n) is 1.82. The third kappa shape index (κ3) is 1.99. The van der Waals surface area contributed by atoms with Crippen LogP contribution in [0.5, 0.6) is 0 Å². The number of anilines is 1. The third-order valence-electron chi connectivity index (χ3n) is 2.54. The molecule has 2 unspecified atom stereocenters. The van der Waals surface area contributed by atoms with Crippen LogP contribution in [0.4, 0.5) is 5.82 Å².